The van der Waals surface area contributed by atoms with Crippen LogP contribution < -0.4 is 5.73 Å². The summed E-state index contributed by atoms with van der Waals surface area (Å²) < 4.78 is 1.84. The van der Waals surface area contributed by atoms with Crippen molar-refractivity contribution >= 4 is 5.82 Å². The molecule has 3 nitrogen and oxygen atoms in total. The van der Waals surface area contributed by atoms with Gasteiger partial charge in [-0.15, -0.1) is 0 Å². The van der Waals surface area contributed by atoms with Crippen LogP contribution in [0.4, 0.5) is 5.82 Å². The predicted molar refractivity (Wildman–Crippen MR) is 66.4 cm³/mol. The number of aryl methyl sites for hydroxylation is 3. The third kappa shape index (κ3) is 1.94. The molecule has 1 aromatic carbocycles. The van der Waals surface area contributed by atoms with E-state index in [0.717, 1.165) is 17.9 Å². The molecular weight excluding hydrogens is 198 g/mol. The van der Waals surface area contributed by atoms with E-state index >= 15 is 0 Å². The van der Waals surface area contributed by atoms with E-state index in [1.807, 2.05) is 11.6 Å². The van der Waals surface area contributed by atoms with Crippen molar-refractivity contribution in [2.75, 3.05) is 5.73 Å². The second kappa shape index (κ2) is 4.00. The minimum absolute atomic E-state index is 0.743. The van der Waals surface area contributed by atoms with E-state index < -0.39 is 0 Å². The Labute approximate surface area is 95.9 Å². The van der Waals surface area contributed by atoms with Crippen molar-refractivity contribution in [1.82, 2.24) is 9.78 Å². The average molecular weight is 215 g/mol. The Balaban J connectivity index is 2.33. The van der Waals surface area contributed by atoms with Crippen LogP contribution in [-0.4, -0.2) is 9.78 Å². The normalized spacial score (nSPS) is 10.7. The number of rotatable bonds is 2. The summed E-state index contributed by atoms with van der Waals surface area (Å²) in [5.41, 5.74) is 10.8. The topological polar surface area (TPSA) is 43.8 Å². The molecule has 16 heavy (non-hydrogen) atoms. The number of benzene rings is 1. The van der Waals surface area contributed by atoms with Gasteiger partial charge < -0.3 is 5.73 Å². The van der Waals surface area contributed by atoms with Gasteiger partial charge in [0, 0.05) is 5.56 Å². The number of aromatic nitrogens is 2. The molecule has 0 saturated carbocycles. The Hall–Kier alpha value is -1.77. The molecule has 0 amide bonds. The lowest BCUT2D eigenvalue weighted by Gasteiger charge is -2.09. The van der Waals surface area contributed by atoms with Gasteiger partial charge in [-0.05, 0) is 31.9 Å². The smallest absolute Gasteiger partial charge is 0.124 e. The van der Waals surface area contributed by atoms with E-state index in [9.17, 15) is 0 Å². The molecular formula is C13H17N3. The Kier molecular flexibility index (Phi) is 2.69. The quantitative estimate of drug-likeness (QED) is 0.836. The van der Waals surface area contributed by atoms with Crippen molar-refractivity contribution in [1.29, 1.82) is 0 Å². The number of nitrogens with two attached hydrogens (primary N) is 1. The summed E-state index contributed by atoms with van der Waals surface area (Å²) in [7, 11) is 0. The van der Waals surface area contributed by atoms with Gasteiger partial charge in [-0.1, -0.05) is 23.8 Å². The maximum absolute atomic E-state index is 5.94. The molecule has 1 heterocycles. The highest BCUT2D eigenvalue weighted by Gasteiger charge is 2.05. The highest BCUT2D eigenvalue weighted by atomic mass is 15.3. The zero-order valence-electron chi connectivity index (χ0n) is 9.99. The predicted octanol–water partition coefficient (Wildman–Crippen LogP) is 2.44. The van der Waals surface area contributed by atoms with Gasteiger partial charge in [0.2, 0.25) is 0 Å². The molecule has 2 aromatic rings. The van der Waals surface area contributed by atoms with Gasteiger partial charge in [-0.2, -0.15) is 5.10 Å². The Morgan fingerprint density at radius 3 is 2.56 bits per heavy atom. The van der Waals surface area contributed by atoms with Crippen LogP contribution >= 0.6 is 0 Å². The van der Waals surface area contributed by atoms with Crippen LogP contribution in [0.3, 0.4) is 0 Å². The van der Waals surface area contributed by atoms with E-state index in [0.29, 0.717) is 0 Å². The van der Waals surface area contributed by atoms with Crippen molar-refractivity contribution in [3.63, 3.8) is 0 Å². The van der Waals surface area contributed by atoms with Crippen LogP contribution in [0.15, 0.2) is 24.4 Å². The monoisotopic (exact) mass is 215 g/mol. The molecule has 0 radical (unpaired) electrons. The summed E-state index contributed by atoms with van der Waals surface area (Å²) in [5.74, 6) is 0.751. The van der Waals surface area contributed by atoms with E-state index in [-0.39, 0.29) is 0 Å². The highest BCUT2D eigenvalue weighted by Crippen LogP contribution is 2.15. The first-order valence-electron chi connectivity index (χ1n) is 5.42. The van der Waals surface area contributed by atoms with Gasteiger partial charge in [-0.25, -0.2) is 4.68 Å². The Morgan fingerprint density at radius 1 is 1.19 bits per heavy atom. The zero-order valence-corrected chi connectivity index (χ0v) is 9.99. The summed E-state index contributed by atoms with van der Waals surface area (Å²) in [5, 5.41) is 4.27. The van der Waals surface area contributed by atoms with Gasteiger partial charge in [0.15, 0.2) is 0 Å². The van der Waals surface area contributed by atoms with Crippen molar-refractivity contribution in [2.24, 2.45) is 0 Å². The maximum Gasteiger partial charge on any atom is 0.124 e. The summed E-state index contributed by atoms with van der Waals surface area (Å²) in [6.07, 6.45) is 1.81. The van der Waals surface area contributed by atoms with E-state index in [2.05, 4.69) is 37.1 Å². The number of hydrogen-bond acceptors (Lipinski definition) is 2. The largest absolute Gasteiger partial charge is 0.384 e. The number of nitrogen functional groups attached to an aromatic ring is 1. The first-order valence-corrected chi connectivity index (χ1v) is 5.42. The molecule has 0 aliphatic carbocycles. The average Bonchev–Trinajstić information content (AvgIpc) is 2.55. The lowest BCUT2D eigenvalue weighted by atomic mass is 10.1. The summed E-state index contributed by atoms with van der Waals surface area (Å²) >= 11 is 0. The van der Waals surface area contributed by atoms with Gasteiger partial charge in [0.1, 0.15) is 5.82 Å². The minimum Gasteiger partial charge on any atom is -0.384 e. The second-order valence-electron chi connectivity index (χ2n) is 4.30. The van der Waals surface area contributed by atoms with Crippen LogP contribution in [0.2, 0.25) is 0 Å². The zero-order chi connectivity index (χ0) is 11.7. The minimum atomic E-state index is 0.743. The van der Waals surface area contributed by atoms with Crippen LogP contribution in [0, 0.1) is 20.8 Å². The molecule has 0 fully saturated rings. The molecule has 2 N–H and O–H groups in total. The third-order valence-corrected chi connectivity index (χ3v) is 2.90. The summed E-state index contributed by atoms with van der Waals surface area (Å²) in [6, 6.07) is 6.44. The van der Waals surface area contributed by atoms with Crippen LogP contribution in [0.1, 0.15) is 22.3 Å². The van der Waals surface area contributed by atoms with Gasteiger partial charge >= 0.3 is 0 Å². The SMILES string of the molecule is Cc1ccc(C)c(Cn2ncc(C)c2N)c1. The van der Waals surface area contributed by atoms with Crippen molar-refractivity contribution in [3.8, 4) is 0 Å². The van der Waals surface area contributed by atoms with Crippen LogP contribution in [0.25, 0.3) is 0 Å². The molecule has 1 aromatic heterocycles. The fraction of sp³-hybridized carbons (Fsp3) is 0.308. The van der Waals surface area contributed by atoms with Gasteiger partial charge in [0.05, 0.1) is 12.7 Å². The van der Waals surface area contributed by atoms with Gasteiger partial charge in [-0.3, -0.25) is 0 Å². The van der Waals surface area contributed by atoms with Crippen molar-refractivity contribution in [2.45, 2.75) is 27.3 Å². The molecule has 0 atom stereocenters. The number of nitrogens with zero attached hydrogens (tertiary/aromatic N) is 2. The summed E-state index contributed by atoms with van der Waals surface area (Å²) in [4.78, 5) is 0. The Morgan fingerprint density at radius 2 is 1.94 bits per heavy atom. The molecule has 3 heteroatoms. The van der Waals surface area contributed by atoms with E-state index in [1.54, 1.807) is 6.20 Å². The van der Waals surface area contributed by atoms with Gasteiger partial charge in [0.25, 0.3) is 0 Å². The molecule has 0 unspecified atom stereocenters. The number of anilines is 1. The lowest BCUT2D eigenvalue weighted by Crippen LogP contribution is -2.07. The lowest BCUT2D eigenvalue weighted by molar-refractivity contribution is 0.693. The van der Waals surface area contributed by atoms with Crippen molar-refractivity contribution in [3.05, 3.63) is 46.6 Å². The maximum atomic E-state index is 5.94. The second-order valence-corrected chi connectivity index (χ2v) is 4.30. The fourth-order valence-electron chi connectivity index (χ4n) is 1.75. The third-order valence-electron chi connectivity index (χ3n) is 2.90. The summed E-state index contributed by atoms with van der Waals surface area (Å²) in [6.45, 7) is 6.93. The first kappa shape index (κ1) is 10.7. The standard InChI is InChI=1S/C13H17N3/c1-9-4-5-10(2)12(6-9)8-16-13(14)11(3)7-15-16/h4-7H,8,14H2,1-3H3. The van der Waals surface area contributed by atoms with Crippen molar-refractivity contribution < 1.29 is 0 Å². The molecule has 0 aliphatic rings. The first-order chi connectivity index (χ1) is 7.58. The Bertz CT molecular complexity index is 512. The molecule has 0 spiro atoms. The molecule has 0 bridgehead atoms. The fourth-order valence-corrected chi connectivity index (χ4v) is 1.75. The number of hydrogen-bond donors (Lipinski definition) is 1. The molecule has 0 aliphatic heterocycles. The van der Waals surface area contributed by atoms with E-state index in [4.69, 9.17) is 5.73 Å². The van der Waals surface area contributed by atoms with Crippen LogP contribution in [0.5, 0.6) is 0 Å². The van der Waals surface area contributed by atoms with Crippen LogP contribution in [-0.2, 0) is 6.54 Å². The molecule has 0 saturated heterocycles. The molecule has 2 rings (SSSR count). The van der Waals surface area contributed by atoms with E-state index in [1.165, 1.54) is 16.7 Å². The highest BCUT2D eigenvalue weighted by molar-refractivity contribution is 5.39. The molecule has 84 valence electrons.